The van der Waals surface area contributed by atoms with Gasteiger partial charge in [0.1, 0.15) is 5.75 Å². The summed E-state index contributed by atoms with van der Waals surface area (Å²) >= 11 is 0. The highest BCUT2D eigenvalue weighted by atomic mass is 16.5. The highest BCUT2D eigenvalue weighted by molar-refractivity contribution is 5.77. The van der Waals surface area contributed by atoms with Gasteiger partial charge >= 0.3 is 0 Å². The summed E-state index contributed by atoms with van der Waals surface area (Å²) in [5.41, 5.74) is 1.59. The molecule has 4 nitrogen and oxygen atoms in total. The van der Waals surface area contributed by atoms with E-state index in [-0.39, 0.29) is 0 Å². The van der Waals surface area contributed by atoms with Crippen molar-refractivity contribution in [3.05, 3.63) is 48.2 Å². The third-order valence-electron chi connectivity index (χ3n) is 3.27. The molecule has 1 aliphatic rings. The summed E-state index contributed by atoms with van der Waals surface area (Å²) in [5, 5.41) is 5.12. The molecule has 0 radical (unpaired) electrons. The molecule has 94 valence electrons. The molecule has 1 aromatic carbocycles. The molecule has 0 bridgehead atoms. The molecule has 0 amide bonds. The minimum atomic E-state index is 0.525. The summed E-state index contributed by atoms with van der Waals surface area (Å²) < 4.78 is 11.0. The van der Waals surface area contributed by atoms with Crippen molar-refractivity contribution in [3.8, 4) is 11.6 Å². The van der Waals surface area contributed by atoms with Crippen LogP contribution >= 0.6 is 0 Å². The minimum Gasteiger partial charge on any atom is -0.439 e. The lowest BCUT2D eigenvalue weighted by Crippen LogP contribution is -1.87. The van der Waals surface area contributed by atoms with Crippen molar-refractivity contribution in [3.63, 3.8) is 0 Å². The van der Waals surface area contributed by atoms with E-state index in [1.807, 2.05) is 42.5 Å². The van der Waals surface area contributed by atoms with Gasteiger partial charge in [-0.25, -0.2) is 0 Å². The normalized spacial score (nSPS) is 14.7. The maximum absolute atomic E-state index is 5.67. The van der Waals surface area contributed by atoms with Gasteiger partial charge in [0.15, 0.2) is 0 Å². The number of ether oxygens (including phenoxy) is 1. The average molecular weight is 252 g/mol. The van der Waals surface area contributed by atoms with Crippen LogP contribution in [-0.2, 0) is 0 Å². The van der Waals surface area contributed by atoms with Crippen molar-refractivity contribution in [2.45, 2.75) is 18.8 Å². The lowest BCUT2D eigenvalue weighted by Gasteiger charge is -2.03. The zero-order valence-electron chi connectivity index (χ0n) is 10.2. The molecular formula is C15H12N2O2. The highest BCUT2D eigenvalue weighted by Crippen LogP contribution is 2.42. The molecule has 2 aromatic heterocycles. The van der Waals surface area contributed by atoms with Crippen LogP contribution in [0.25, 0.3) is 11.1 Å². The number of benzene rings is 1. The number of fused-ring (bicyclic) bond motifs is 1. The summed E-state index contributed by atoms with van der Waals surface area (Å²) in [6.45, 7) is 0. The second-order valence-corrected chi connectivity index (χ2v) is 4.76. The van der Waals surface area contributed by atoms with Gasteiger partial charge in [0.25, 0.3) is 5.71 Å². The molecule has 19 heavy (non-hydrogen) atoms. The molecule has 1 saturated carbocycles. The second-order valence-electron chi connectivity index (χ2n) is 4.76. The smallest absolute Gasteiger partial charge is 0.261 e. The number of aromatic nitrogens is 2. The maximum atomic E-state index is 5.67. The Balaban J connectivity index is 1.68. The largest absolute Gasteiger partial charge is 0.439 e. The fourth-order valence-electron chi connectivity index (χ4n) is 2.15. The lowest BCUT2D eigenvalue weighted by atomic mass is 10.2. The SMILES string of the molecule is c1ccc(Oc2ccc3c(C4CC4)noc3n2)cc1. The number of hydrogen-bond acceptors (Lipinski definition) is 4. The van der Waals surface area contributed by atoms with E-state index in [2.05, 4.69) is 10.1 Å². The molecule has 0 saturated heterocycles. The topological polar surface area (TPSA) is 48.2 Å². The number of para-hydroxylation sites is 1. The van der Waals surface area contributed by atoms with Crippen molar-refractivity contribution >= 4 is 11.1 Å². The Bertz CT molecular complexity index is 717. The maximum Gasteiger partial charge on any atom is 0.261 e. The molecule has 0 spiro atoms. The third kappa shape index (κ3) is 1.95. The summed E-state index contributed by atoms with van der Waals surface area (Å²) in [4.78, 5) is 4.35. The van der Waals surface area contributed by atoms with Crippen molar-refractivity contribution in [2.24, 2.45) is 0 Å². The van der Waals surface area contributed by atoms with Gasteiger partial charge in [-0.2, -0.15) is 4.98 Å². The first-order valence-electron chi connectivity index (χ1n) is 6.39. The van der Waals surface area contributed by atoms with Crippen LogP contribution < -0.4 is 4.74 Å². The predicted octanol–water partition coefficient (Wildman–Crippen LogP) is 3.89. The monoisotopic (exact) mass is 252 g/mol. The first-order valence-corrected chi connectivity index (χ1v) is 6.39. The van der Waals surface area contributed by atoms with E-state index in [1.54, 1.807) is 0 Å². The van der Waals surface area contributed by atoms with Crippen molar-refractivity contribution < 1.29 is 9.26 Å². The summed E-state index contributed by atoms with van der Waals surface area (Å²) in [6, 6.07) is 13.4. The predicted molar refractivity (Wildman–Crippen MR) is 70.3 cm³/mol. The van der Waals surface area contributed by atoms with Crippen LogP contribution in [0.5, 0.6) is 11.6 Å². The number of hydrogen-bond donors (Lipinski definition) is 0. The fourth-order valence-corrected chi connectivity index (χ4v) is 2.15. The Kier molecular flexibility index (Phi) is 2.27. The molecule has 1 fully saturated rings. The van der Waals surface area contributed by atoms with Gasteiger partial charge in [-0.1, -0.05) is 23.4 Å². The van der Waals surface area contributed by atoms with Gasteiger partial charge in [0.05, 0.1) is 11.1 Å². The van der Waals surface area contributed by atoms with Crippen LogP contribution in [0.3, 0.4) is 0 Å². The minimum absolute atomic E-state index is 0.525. The molecule has 3 aromatic rings. The van der Waals surface area contributed by atoms with Crippen molar-refractivity contribution in [1.82, 2.24) is 10.1 Å². The highest BCUT2D eigenvalue weighted by Gasteiger charge is 2.29. The van der Waals surface area contributed by atoms with Crippen LogP contribution in [-0.4, -0.2) is 10.1 Å². The Hall–Kier alpha value is -2.36. The van der Waals surface area contributed by atoms with Crippen molar-refractivity contribution in [1.29, 1.82) is 0 Å². The van der Waals surface area contributed by atoms with E-state index in [0.717, 1.165) is 16.8 Å². The first kappa shape index (κ1) is 10.6. The number of pyridine rings is 1. The Morgan fingerprint density at radius 3 is 2.68 bits per heavy atom. The molecule has 0 unspecified atom stereocenters. The van der Waals surface area contributed by atoms with Gasteiger partial charge < -0.3 is 9.26 Å². The van der Waals surface area contributed by atoms with Crippen LogP contribution in [0.2, 0.25) is 0 Å². The van der Waals surface area contributed by atoms with Gasteiger partial charge in [-0.15, -0.1) is 0 Å². The van der Waals surface area contributed by atoms with Crippen LogP contribution in [0.15, 0.2) is 47.0 Å². The van der Waals surface area contributed by atoms with E-state index in [9.17, 15) is 0 Å². The molecule has 0 atom stereocenters. The fraction of sp³-hybridized carbons (Fsp3) is 0.200. The first-order chi connectivity index (χ1) is 9.40. The van der Waals surface area contributed by atoms with E-state index < -0.39 is 0 Å². The van der Waals surface area contributed by atoms with Gasteiger partial charge in [0.2, 0.25) is 5.88 Å². The van der Waals surface area contributed by atoms with Crippen LogP contribution in [0.4, 0.5) is 0 Å². The number of nitrogens with zero attached hydrogens (tertiary/aromatic N) is 2. The third-order valence-corrected chi connectivity index (χ3v) is 3.27. The standard InChI is InChI=1S/C15H12N2O2/c1-2-4-11(5-3-1)18-13-9-8-12-14(10-6-7-10)17-19-15(12)16-13/h1-5,8-10H,6-7H2. The molecule has 4 heteroatoms. The van der Waals surface area contributed by atoms with Gasteiger partial charge in [0, 0.05) is 12.0 Å². The molecule has 0 aliphatic heterocycles. The summed E-state index contributed by atoms with van der Waals surface area (Å²) in [5.74, 6) is 1.84. The Labute approximate surface area is 110 Å². The molecule has 2 heterocycles. The van der Waals surface area contributed by atoms with Crippen molar-refractivity contribution in [2.75, 3.05) is 0 Å². The summed E-state index contributed by atoms with van der Waals surface area (Å²) in [7, 11) is 0. The zero-order chi connectivity index (χ0) is 12.7. The second kappa shape index (κ2) is 4.09. The Morgan fingerprint density at radius 2 is 1.89 bits per heavy atom. The zero-order valence-corrected chi connectivity index (χ0v) is 10.2. The van der Waals surface area contributed by atoms with Gasteiger partial charge in [-0.3, -0.25) is 0 Å². The molecule has 0 N–H and O–H groups in total. The van der Waals surface area contributed by atoms with Gasteiger partial charge in [-0.05, 0) is 31.0 Å². The van der Waals surface area contributed by atoms with Crippen LogP contribution in [0, 0.1) is 0 Å². The number of rotatable bonds is 3. The van der Waals surface area contributed by atoms with E-state index in [1.165, 1.54) is 12.8 Å². The quantitative estimate of drug-likeness (QED) is 0.709. The van der Waals surface area contributed by atoms with Crippen LogP contribution in [0.1, 0.15) is 24.5 Å². The lowest BCUT2D eigenvalue weighted by molar-refractivity contribution is 0.426. The van der Waals surface area contributed by atoms with E-state index in [4.69, 9.17) is 9.26 Å². The summed E-state index contributed by atoms with van der Waals surface area (Å²) in [6.07, 6.45) is 2.40. The molecule has 1 aliphatic carbocycles. The molecule has 4 rings (SSSR count). The van der Waals surface area contributed by atoms with E-state index in [0.29, 0.717) is 17.5 Å². The average Bonchev–Trinajstić information content (AvgIpc) is 3.20. The Morgan fingerprint density at radius 1 is 1.05 bits per heavy atom. The molecular weight excluding hydrogens is 240 g/mol. The van der Waals surface area contributed by atoms with E-state index >= 15 is 0 Å².